The molecule has 0 radical (unpaired) electrons. The molecule has 0 spiro atoms. The summed E-state index contributed by atoms with van der Waals surface area (Å²) in [7, 11) is 0. The molecule has 16 heavy (non-hydrogen) atoms. The Hall–Kier alpha value is -0.680. The molecule has 0 aliphatic rings. The Balaban J connectivity index is 2.53. The predicted octanol–water partition coefficient (Wildman–Crippen LogP) is 1.40. The molecular weight excluding hydrogens is 222 g/mol. The fraction of sp³-hybridized carbons (Fsp3) is 0.500. The number of nitrogens with zero attached hydrogens (tertiary/aromatic N) is 1. The van der Waals surface area contributed by atoms with Crippen LogP contribution in [-0.4, -0.2) is 40.9 Å². The van der Waals surface area contributed by atoms with Crippen molar-refractivity contribution in [2.24, 2.45) is 0 Å². The van der Waals surface area contributed by atoms with Crippen molar-refractivity contribution in [3.63, 3.8) is 0 Å². The van der Waals surface area contributed by atoms with Crippen molar-refractivity contribution in [3.05, 3.63) is 34.5 Å². The summed E-state index contributed by atoms with van der Waals surface area (Å²) >= 11 is 1.76. The summed E-state index contributed by atoms with van der Waals surface area (Å²) in [6, 6.07) is 4.19. The zero-order valence-electron chi connectivity index (χ0n) is 9.59. The predicted molar refractivity (Wildman–Crippen MR) is 67.6 cm³/mol. The smallest absolute Gasteiger partial charge is 0.0897 e. The van der Waals surface area contributed by atoms with Gasteiger partial charge in [0.15, 0.2) is 0 Å². The summed E-state index contributed by atoms with van der Waals surface area (Å²) in [6.07, 6.45) is 1.13. The lowest BCUT2D eigenvalue weighted by Crippen LogP contribution is -2.33. The maximum Gasteiger partial charge on any atom is 0.0897 e. The molecule has 3 nitrogen and oxygen atoms in total. The van der Waals surface area contributed by atoms with Crippen LogP contribution in [0.2, 0.25) is 0 Å². The average Bonchev–Trinajstić information content (AvgIpc) is 2.64. The van der Waals surface area contributed by atoms with Crippen LogP contribution in [0, 0.1) is 6.92 Å². The third-order valence-electron chi connectivity index (χ3n) is 2.24. The number of rotatable bonds is 7. The minimum atomic E-state index is -0.680. The Morgan fingerprint density at radius 1 is 1.56 bits per heavy atom. The molecule has 0 aromatic carbocycles. The van der Waals surface area contributed by atoms with E-state index >= 15 is 0 Å². The van der Waals surface area contributed by atoms with Crippen LogP contribution in [0.3, 0.4) is 0 Å². The van der Waals surface area contributed by atoms with E-state index in [1.54, 1.807) is 11.3 Å². The van der Waals surface area contributed by atoms with E-state index < -0.39 is 6.10 Å². The van der Waals surface area contributed by atoms with Gasteiger partial charge in [-0.3, -0.25) is 4.90 Å². The molecule has 1 aromatic heterocycles. The van der Waals surface area contributed by atoms with Crippen LogP contribution in [-0.2, 0) is 6.54 Å². The van der Waals surface area contributed by atoms with Gasteiger partial charge in [-0.15, -0.1) is 17.9 Å². The molecule has 0 saturated carbocycles. The minimum absolute atomic E-state index is 0.197. The first-order chi connectivity index (χ1) is 7.65. The van der Waals surface area contributed by atoms with Gasteiger partial charge in [-0.25, -0.2) is 0 Å². The number of hydrogen-bond donors (Lipinski definition) is 2. The lowest BCUT2D eigenvalue weighted by molar-refractivity contribution is 0.0607. The summed E-state index contributed by atoms with van der Waals surface area (Å²) in [5, 5.41) is 18.2. The molecule has 1 heterocycles. The monoisotopic (exact) mass is 241 g/mol. The van der Waals surface area contributed by atoms with Crippen molar-refractivity contribution in [2.45, 2.75) is 19.6 Å². The van der Waals surface area contributed by atoms with Gasteiger partial charge in [0.05, 0.1) is 12.7 Å². The van der Waals surface area contributed by atoms with E-state index in [1.807, 2.05) is 6.08 Å². The third-order valence-corrected chi connectivity index (χ3v) is 3.23. The lowest BCUT2D eigenvalue weighted by atomic mass is 10.3. The Labute approximate surface area is 101 Å². The molecule has 0 aliphatic heterocycles. The average molecular weight is 241 g/mol. The van der Waals surface area contributed by atoms with Crippen LogP contribution in [0.15, 0.2) is 24.8 Å². The van der Waals surface area contributed by atoms with Gasteiger partial charge in [-0.1, -0.05) is 6.08 Å². The number of thiophene rings is 1. The highest BCUT2D eigenvalue weighted by Gasteiger charge is 2.11. The normalized spacial score (nSPS) is 13.0. The highest BCUT2D eigenvalue weighted by molar-refractivity contribution is 7.11. The first-order valence-corrected chi connectivity index (χ1v) is 6.15. The highest BCUT2D eigenvalue weighted by atomic mass is 32.1. The number of aliphatic hydroxyl groups excluding tert-OH is 2. The molecule has 2 N–H and O–H groups in total. The maximum atomic E-state index is 9.42. The Kier molecular flexibility index (Phi) is 5.69. The fourth-order valence-electron chi connectivity index (χ4n) is 1.53. The first kappa shape index (κ1) is 13.4. The second-order valence-corrected chi connectivity index (χ2v) is 5.20. The summed E-state index contributed by atoms with van der Waals surface area (Å²) in [5.74, 6) is 0. The van der Waals surface area contributed by atoms with Gasteiger partial charge >= 0.3 is 0 Å². The van der Waals surface area contributed by atoms with Gasteiger partial charge < -0.3 is 10.2 Å². The Morgan fingerprint density at radius 2 is 2.31 bits per heavy atom. The zero-order chi connectivity index (χ0) is 12.0. The summed E-state index contributed by atoms with van der Waals surface area (Å²) < 4.78 is 0. The van der Waals surface area contributed by atoms with Gasteiger partial charge in [-0.2, -0.15) is 0 Å². The molecule has 90 valence electrons. The van der Waals surface area contributed by atoms with Gasteiger partial charge in [-0.05, 0) is 19.1 Å². The zero-order valence-corrected chi connectivity index (χ0v) is 10.4. The van der Waals surface area contributed by atoms with Gasteiger partial charge in [0.25, 0.3) is 0 Å². The summed E-state index contributed by atoms with van der Waals surface area (Å²) in [6.45, 7) is 7.56. The topological polar surface area (TPSA) is 43.7 Å². The van der Waals surface area contributed by atoms with E-state index in [0.29, 0.717) is 13.1 Å². The van der Waals surface area contributed by atoms with Crippen LogP contribution in [0.1, 0.15) is 9.75 Å². The molecule has 0 saturated heterocycles. The van der Waals surface area contributed by atoms with Gasteiger partial charge in [0.1, 0.15) is 0 Å². The van der Waals surface area contributed by atoms with Crippen LogP contribution < -0.4 is 0 Å². The van der Waals surface area contributed by atoms with Crippen LogP contribution in [0.25, 0.3) is 0 Å². The second kappa shape index (κ2) is 6.81. The maximum absolute atomic E-state index is 9.42. The van der Waals surface area contributed by atoms with Crippen molar-refractivity contribution < 1.29 is 10.2 Å². The molecule has 0 bridgehead atoms. The molecule has 1 aromatic rings. The van der Waals surface area contributed by atoms with Gasteiger partial charge in [0.2, 0.25) is 0 Å². The Morgan fingerprint density at radius 3 is 2.81 bits per heavy atom. The van der Waals surface area contributed by atoms with E-state index in [0.717, 1.165) is 6.54 Å². The van der Waals surface area contributed by atoms with Crippen LogP contribution >= 0.6 is 11.3 Å². The largest absolute Gasteiger partial charge is 0.394 e. The molecule has 1 rings (SSSR count). The van der Waals surface area contributed by atoms with Crippen molar-refractivity contribution in [1.29, 1.82) is 0 Å². The third kappa shape index (κ3) is 4.45. The van der Waals surface area contributed by atoms with Gasteiger partial charge in [0, 0.05) is 29.4 Å². The van der Waals surface area contributed by atoms with Crippen molar-refractivity contribution >= 4 is 11.3 Å². The lowest BCUT2D eigenvalue weighted by Gasteiger charge is -2.22. The molecule has 0 amide bonds. The quantitative estimate of drug-likeness (QED) is 0.709. The molecular formula is C12H19NO2S. The SMILES string of the molecule is C=CCN(Cc1ccc(C)s1)CC(O)CO. The second-order valence-electron chi connectivity index (χ2n) is 3.83. The van der Waals surface area contributed by atoms with E-state index in [4.69, 9.17) is 5.11 Å². The molecule has 0 aliphatic carbocycles. The molecule has 1 atom stereocenters. The first-order valence-electron chi connectivity index (χ1n) is 5.33. The van der Waals surface area contributed by atoms with Crippen LogP contribution in [0.5, 0.6) is 0 Å². The minimum Gasteiger partial charge on any atom is -0.394 e. The van der Waals surface area contributed by atoms with E-state index in [1.165, 1.54) is 9.75 Å². The summed E-state index contributed by atoms with van der Waals surface area (Å²) in [4.78, 5) is 4.62. The van der Waals surface area contributed by atoms with Crippen molar-refractivity contribution in [2.75, 3.05) is 19.7 Å². The van der Waals surface area contributed by atoms with E-state index in [-0.39, 0.29) is 6.61 Å². The molecule has 4 heteroatoms. The fourth-order valence-corrected chi connectivity index (χ4v) is 2.47. The van der Waals surface area contributed by atoms with E-state index in [9.17, 15) is 5.11 Å². The molecule has 1 unspecified atom stereocenters. The number of hydrogen-bond acceptors (Lipinski definition) is 4. The standard InChI is InChI=1S/C12H19NO2S/c1-3-6-13(7-11(15)9-14)8-12-5-4-10(2)16-12/h3-5,11,14-15H,1,6-9H2,2H3. The van der Waals surface area contributed by atoms with Crippen LogP contribution in [0.4, 0.5) is 0 Å². The van der Waals surface area contributed by atoms with E-state index in [2.05, 4.69) is 30.5 Å². The Bertz CT molecular complexity index is 325. The number of aliphatic hydroxyl groups is 2. The molecule has 0 fully saturated rings. The highest BCUT2D eigenvalue weighted by Crippen LogP contribution is 2.17. The summed E-state index contributed by atoms with van der Waals surface area (Å²) in [5.41, 5.74) is 0. The van der Waals surface area contributed by atoms with Crippen molar-refractivity contribution in [1.82, 2.24) is 4.90 Å². The van der Waals surface area contributed by atoms with Crippen molar-refractivity contribution in [3.8, 4) is 0 Å². The number of aryl methyl sites for hydroxylation is 1.